The Labute approximate surface area is 141 Å². The summed E-state index contributed by atoms with van der Waals surface area (Å²) in [5, 5.41) is -0.146. The highest BCUT2D eigenvalue weighted by Gasteiger charge is 2.29. The molecule has 2 N–H and O–H groups in total. The first kappa shape index (κ1) is 17.7. The summed E-state index contributed by atoms with van der Waals surface area (Å²) in [6, 6.07) is 7.86. The molecule has 0 radical (unpaired) electrons. The van der Waals surface area contributed by atoms with Gasteiger partial charge >= 0.3 is 0 Å². The number of primary amides is 1. The van der Waals surface area contributed by atoms with E-state index in [0.29, 0.717) is 13.1 Å². The van der Waals surface area contributed by atoms with Crippen LogP contribution in [-0.4, -0.2) is 42.2 Å². The highest BCUT2D eigenvalue weighted by atomic mass is 32.2. The van der Waals surface area contributed by atoms with Gasteiger partial charge in [0.2, 0.25) is 11.8 Å². The maximum Gasteiger partial charge on any atom is 0.235 e. The molecule has 1 aliphatic heterocycles. The molecule has 1 aliphatic rings. The maximum atomic E-state index is 12.5. The molecule has 1 fully saturated rings. The molecule has 2 atom stereocenters. The van der Waals surface area contributed by atoms with E-state index < -0.39 is 0 Å². The lowest BCUT2D eigenvalue weighted by atomic mass is 9.97. The van der Waals surface area contributed by atoms with Crippen LogP contribution in [0, 0.1) is 5.92 Å². The number of piperidine rings is 1. The fourth-order valence-corrected chi connectivity index (χ4v) is 3.64. The first-order valence-corrected chi connectivity index (χ1v) is 8.88. The summed E-state index contributed by atoms with van der Waals surface area (Å²) in [5.41, 5.74) is 6.50. The zero-order valence-electron chi connectivity index (χ0n) is 13.7. The second kappa shape index (κ2) is 8.24. The summed E-state index contributed by atoms with van der Waals surface area (Å²) >= 11 is 1.60. The summed E-state index contributed by atoms with van der Waals surface area (Å²) < 4.78 is 5.21. The Balaban J connectivity index is 1.88. The van der Waals surface area contributed by atoms with Crippen molar-refractivity contribution in [3.05, 3.63) is 29.8 Å². The second-order valence-electron chi connectivity index (χ2n) is 5.83. The van der Waals surface area contributed by atoms with Crippen LogP contribution >= 0.6 is 11.8 Å². The average molecular weight is 336 g/mol. The van der Waals surface area contributed by atoms with Crippen molar-refractivity contribution in [2.24, 2.45) is 11.7 Å². The van der Waals surface area contributed by atoms with Gasteiger partial charge in [0, 0.05) is 18.8 Å². The minimum Gasteiger partial charge on any atom is -0.497 e. The van der Waals surface area contributed by atoms with Crippen LogP contribution in [0.3, 0.4) is 0 Å². The number of ether oxygens (including phenoxy) is 1. The first-order valence-electron chi connectivity index (χ1n) is 7.84. The van der Waals surface area contributed by atoms with Gasteiger partial charge in [0.15, 0.2) is 0 Å². The Morgan fingerprint density at radius 1 is 1.48 bits per heavy atom. The van der Waals surface area contributed by atoms with Gasteiger partial charge in [0.1, 0.15) is 5.75 Å². The Kier molecular flexibility index (Phi) is 6.33. The Morgan fingerprint density at radius 3 is 2.96 bits per heavy atom. The normalized spacial score (nSPS) is 19.2. The van der Waals surface area contributed by atoms with Crippen molar-refractivity contribution in [1.29, 1.82) is 0 Å². The number of hydrogen-bond donors (Lipinski definition) is 1. The van der Waals surface area contributed by atoms with Gasteiger partial charge < -0.3 is 15.4 Å². The minimum absolute atomic E-state index is 0.0869. The summed E-state index contributed by atoms with van der Waals surface area (Å²) in [4.78, 5) is 25.6. The van der Waals surface area contributed by atoms with Crippen LogP contribution in [0.1, 0.15) is 25.3 Å². The van der Waals surface area contributed by atoms with E-state index in [1.807, 2.05) is 31.2 Å². The number of benzene rings is 1. The van der Waals surface area contributed by atoms with Crippen LogP contribution in [0.15, 0.2) is 24.3 Å². The molecule has 1 aromatic carbocycles. The summed E-state index contributed by atoms with van der Waals surface area (Å²) in [7, 11) is 1.64. The number of carbonyl (C=O) groups excluding carboxylic acids is 2. The van der Waals surface area contributed by atoms with E-state index in [1.165, 1.54) is 0 Å². The van der Waals surface area contributed by atoms with Gasteiger partial charge in [-0.05, 0) is 37.5 Å². The summed E-state index contributed by atoms with van der Waals surface area (Å²) in [6.07, 6.45) is 1.62. The average Bonchev–Trinajstić information content (AvgIpc) is 2.59. The van der Waals surface area contributed by atoms with Crippen molar-refractivity contribution in [2.45, 2.75) is 30.8 Å². The van der Waals surface area contributed by atoms with E-state index in [-0.39, 0.29) is 23.0 Å². The van der Waals surface area contributed by atoms with Crippen molar-refractivity contribution in [1.82, 2.24) is 4.90 Å². The molecule has 1 saturated heterocycles. The van der Waals surface area contributed by atoms with Crippen LogP contribution in [0.25, 0.3) is 0 Å². The molecule has 0 aromatic heterocycles. The predicted octanol–water partition coefficient (Wildman–Crippen LogP) is 2.04. The van der Waals surface area contributed by atoms with Crippen molar-refractivity contribution in [2.75, 3.05) is 20.2 Å². The monoisotopic (exact) mass is 336 g/mol. The van der Waals surface area contributed by atoms with Crippen molar-refractivity contribution >= 4 is 23.6 Å². The zero-order chi connectivity index (χ0) is 16.8. The lowest BCUT2D eigenvalue weighted by Gasteiger charge is -2.32. The number of rotatable bonds is 6. The molecular weight excluding hydrogens is 312 g/mol. The highest BCUT2D eigenvalue weighted by molar-refractivity contribution is 7.99. The number of thioether (sulfide) groups is 1. The van der Waals surface area contributed by atoms with Gasteiger partial charge in [-0.1, -0.05) is 12.1 Å². The lowest BCUT2D eigenvalue weighted by molar-refractivity contribution is -0.134. The molecule has 1 heterocycles. The van der Waals surface area contributed by atoms with Crippen molar-refractivity contribution < 1.29 is 14.3 Å². The van der Waals surface area contributed by atoms with Crippen LogP contribution in [-0.2, 0) is 15.3 Å². The third-order valence-corrected chi connectivity index (χ3v) is 5.32. The van der Waals surface area contributed by atoms with E-state index in [2.05, 4.69) is 0 Å². The molecule has 0 saturated carbocycles. The molecule has 0 unspecified atom stereocenters. The number of nitrogens with two attached hydrogens (primary N) is 1. The maximum absolute atomic E-state index is 12.5. The molecule has 5 nitrogen and oxygen atoms in total. The smallest absolute Gasteiger partial charge is 0.235 e. The lowest BCUT2D eigenvalue weighted by Crippen LogP contribution is -2.46. The summed E-state index contributed by atoms with van der Waals surface area (Å²) in [5.74, 6) is 1.14. The zero-order valence-corrected chi connectivity index (χ0v) is 14.5. The molecule has 6 heteroatoms. The SMILES string of the molecule is COc1cccc(CS[C@H](C)C(=O)N2CCC[C@@H](C(N)=O)C2)c1. The quantitative estimate of drug-likeness (QED) is 0.863. The fourth-order valence-electron chi connectivity index (χ4n) is 2.72. The number of amides is 2. The predicted molar refractivity (Wildman–Crippen MR) is 92.2 cm³/mol. The molecular formula is C17H24N2O3S. The van der Waals surface area contributed by atoms with E-state index in [0.717, 1.165) is 29.9 Å². The molecule has 126 valence electrons. The van der Waals surface area contributed by atoms with Gasteiger partial charge in [0.25, 0.3) is 0 Å². The van der Waals surface area contributed by atoms with E-state index in [1.54, 1.807) is 23.8 Å². The van der Waals surface area contributed by atoms with Gasteiger partial charge in [-0.3, -0.25) is 9.59 Å². The number of methoxy groups -OCH3 is 1. The molecule has 0 spiro atoms. The Morgan fingerprint density at radius 2 is 2.26 bits per heavy atom. The van der Waals surface area contributed by atoms with Crippen molar-refractivity contribution in [3.63, 3.8) is 0 Å². The standard InChI is InChI=1S/C17H24N2O3S/c1-12(23-11-13-5-3-7-15(9-13)22-2)17(21)19-8-4-6-14(10-19)16(18)20/h3,5,7,9,12,14H,4,6,8,10-11H2,1-2H3,(H2,18,20)/t12-,14-/m1/s1. The molecule has 0 aliphatic carbocycles. The van der Waals surface area contributed by atoms with Gasteiger partial charge in [0.05, 0.1) is 18.3 Å². The van der Waals surface area contributed by atoms with E-state index in [4.69, 9.17) is 10.5 Å². The second-order valence-corrected chi connectivity index (χ2v) is 7.16. The largest absolute Gasteiger partial charge is 0.497 e. The molecule has 2 amide bonds. The van der Waals surface area contributed by atoms with Gasteiger partial charge in [-0.15, -0.1) is 11.8 Å². The van der Waals surface area contributed by atoms with Crippen LogP contribution in [0.5, 0.6) is 5.75 Å². The topological polar surface area (TPSA) is 72.6 Å². The van der Waals surface area contributed by atoms with Crippen LogP contribution in [0.2, 0.25) is 0 Å². The van der Waals surface area contributed by atoms with Crippen LogP contribution in [0.4, 0.5) is 0 Å². The molecule has 2 rings (SSSR count). The van der Waals surface area contributed by atoms with E-state index >= 15 is 0 Å². The minimum atomic E-state index is -0.306. The summed E-state index contributed by atoms with van der Waals surface area (Å²) in [6.45, 7) is 3.09. The molecule has 1 aromatic rings. The third kappa shape index (κ3) is 4.89. The molecule has 0 bridgehead atoms. The first-order chi connectivity index (χ1) is 11.0. The molecule has 23 heavy (non-hydrogen) atoms. The van der Waals surface area contributed by atoms with E-state index in [9.17, 15) is 9.59 Å². The number of likely N-dealkylation sites (tertiary alicyclic amines) is 1. The highest BCUT2D eigenvalue weighted by Crippen LogP contribution is 2.24. The van der Waals surface area contributed by atoms with Gasteiger partial charge in [-0.25, -0.2) is 0 Å². The van der Waals surface area contributed by atoms with Crippen LogP contribution < -0.4 is 10.5 Å². The number of hydrogen-bond acceptors (Lipinski definition) is 4. The fraction of sp³-hybridized carbons (Fsp3) is 0.529. The number of carbonyl (C=O) groups is 2. The Hall–Kier alpha value is -1.69. The van der Waals surface area contributed by atoms with Gasteiger partial charge in [-0.2, -0.15) is 0 Å². The third-order valence-electron chi connectivity index (χ3n) is 4.12. The Bertz CT molecular complexity index is 565. The number of nitrogens with zero attached hydrogens (tertiary/aromatic N) is 1. The van der Waals surface area contributed by atoms with Crippen molar-refractivity contribution in [3.8, 4) is 5.75 Å².